The van der Waals surface area contributed by atoms with Gasteiger partial charge in [0.25, 0.3) is 0 Å². The maximum absolute atomic E-state index is 11.6. The third-order valence-electron chi connectivity index (χ3n) is 3.04. The van der Waals surface area contributed by atoms with Crippen LogP contribution in [0, 0.1) is 0 Å². The summed E-state index contributed by atoms with van der Waals surface area (Å²) in [6.45, 7) is -0.643. The van der Waals surface area contributed by atoms with E-state index >= 15 is 0 Å². The smallest absolute Gasteiger partial charge is 0.320 e. The quantitative estimate of drug-likeness (QED) is 0.192. The predicted octanol–water partition coefficient (Wildman–Crippen LogP) is -3.49. The summed E-state index contributed by atoms with van der Waals surface area (Å²) >= 11 is 0. The first kappa shape index (κ1) is 23.7. The summed E-state index contributed by atoms with van der Waals surface area (Å²) in [5.41, 5.74) is 20.8. The van der Waals surface area contributed by atoms with Crippen LogP contribution in [0.4, 0.5) is 0 Å². The van der Waals surface area contributed by atoms with Gasteiger partial charge >= 0.3 is 23.9 Å². The van der Waals surface area contributed by atoms with Gasteiger partial charge in [-0.15, -0.1) is 0 Å². The Balaban J connectivity index is 5.55. The zero-order valence-electron chi connectivity index (χ0n) is 14.6. The van der Waals surface area contributed by atoms with Crippen molar-refractivity contribution in [2.24, 2.45) is 22.9 Å². The van der Waals surface area contributed by atoms with Crippen LogP contribution in [0.5, 0.6) is 0 Å². The van der Waals surface area contributed by atoms with Crippen molar-refractivity contribution in [1.29, 1.82) is 0 Å². The highest BCUT2D eigenvalue weighted by Crippen LogP contribution is 2.17. The van der Waals surface area contributed by atoms with Gasteiger partial charge < -0.3 is 41.9 Å². The molecule has 12 nitrogen and oxygen atoms in total. The largest absolute Gasteiger partial charge is 0.461 e. The van der Waals surface area contributed by atoms with Crippen LogP contribution < -0.4 is 22.9 Å². The highest BCUT2D eigenvalue weighted by Gasteiger charge is 2.37. The van der Waals surface area contributed by atoms with Gasteiger partial charge in [0.15, 0.2) is 12.2 Å². The van der Waals surface area contributed by atoms with Crippen LogP contribution in [-0.4, -0.2) is 75.0 Å². The first-order valence-corrected chi connectivity index (χ1v) is 7.87. The summed E-state index contributed by atoms with van der Waals surface area (Å²) in [5.74, 6) is -3.26. The molecule has 0 aromatic carbocycles. The Kier molecular flexibility index (Phi) is 11.9. The van der Waals surface area contributed by atoms with Crippen LogP contribution in [0.3, 0.4) is 0 Å². The highest BCUT2D eigenvalue weighted by atomic mass is 16.6. The summed E-state index contributed by atoms with van der Waals surface area (Å²) in [5, 5.41) is 0. The van der Waals surface area contributed by atoms with Crippen LogP contribution in [-0.2, 0) is 38.1 Å². The molecule has 0 spiro atoms. The minimum Gasteiger partial charge on any atom is -0.461 e. The van der Waals surface area contributed by atoms with E-state index in [0.29, 0.717) is 0 Å². The molecule has 0 saturated carbocycles. The van der Waals surface area contributed by atoms with Crippen molar-refractivity contribution in [3.05, 3.63) is 0 Å². The summed E-state index contributed by atoms with van der Waals surface area (Å²) in [6.07, 6.45) is -3.45. The number of carbonyl (C=O) groups excluding carboxylic acids is 4. The number of nitrogens with two attached hydrogens (primary N) is 4. The number of ether oxygens (including phenoxy) is 4. The van der Waals surface area contributed by atoms with Crippen molar-refractivity contribution < 1.29 is 38.1 Å². The molecule has 0 rings (SSSR count). The SMILES string of the molecule is CCC(OC(=O)CN)C(OC(=O)CN)C(COC(=O)CN)OC(=O)CN. The monoisotopic (exact) mass is 378 g/mol. The molecule has 0 bridgehead atoms. The van der Waals surface area contributed by atoms with Crippen LogP contribution in [0.15, 0.2) is 0 Å². The minimum atomic E-state index is -1.30. The van der Waals surface area contributed by atoms with Gasteiger partial charge in [0.2, 0.25) is 0 Å². The average molecular weight is 378 g/mol. The molecule has 8 N–H and O–H groups in total. The van der Waals surface area contributed by atoms with E-state index in [9.17, 15) is 19.2 Å². The van der Waals surface area contributed by atoms with Gasteiger partial charge in [0.05, 0.1) is 26.2 Å². The summed E-state index contributed by atoms with van der Waals surface area (Å²) in [4.78, 5) is 46.0. The lowest BCUT2D eigenvalue weighted by Gasteiger charge is -2.31. The Bertz CT molecular complexity index is 488. The molecule has 0 aliphatic carbocycles. The molecule has 0 radical (unpaired) electrons. The van der Waals surface area contributed by atoms with Gasteiger partial charge in [-0.05, 0) is 6.42 Å². The van der Waals surface area contributed by atoms with Gasteiger partial charge in [0, 0.05) is 0 Å². The lowest BCUT2D eigenvalue weighted by Crippen LogP contribution is -2.49. The number of hydrogen-bond acceptors (Lipinski definition) is 12. The van der Waals surface area contributed by atoms with Crippen LogP contribution in [0.2, 0.25) is 0 Å². The van der Waals surface area contributed by atoms with E-state index in [-0.39, 0.29) is 6.42 Å². The second-order valence-corrected chi connectivity index (χ2v) is 4.92. The zero-order valence-corrected chi connectivity index (χ0v) is 14.6. The first-order valence-electron chi connectivity index (χ1n) is 7.87. The fourth-order valence-corrected chi connectivity index (χ4v) is 1.84. The van der Waals surface area contributed by atoms with Crippen molar-refractivity contribution in [1.82, 2.24) is 0 Å². The molecule has 0 heterocycles. The Morgan fingerprint density at radius 3 is 1.54 bits per heavy atom. The Hall–Kier alpha value is -2.28. The number of rotatable bonds is 12. The summed E-state index contributed by atoms with van der Waals surface area (Å²) in [6, 6.07) is 0. The lowest BCUT2D eigenvalue weighted by atomic mass is 10.1. The van der Waals surface area contributed by atoms with Gasteiger partial charge in [0.1, 0.15) is 12.7 Å². The van der Waals surface area contributed by atoms with E-state index in [1.165, 1.54) is 0 Å². The number of hydrogen-bond donors (Lipinski definition) is 4. The van der Waals surface area contributed by atoms with E-state index in [1.54, 1.807) is 6.92 Å². The highest BCUT2D eigenvalue weighted by molar-refractivity contribution is 5.74. The fraction of sp³-hybridized carbons (Fsp3) is 0.714. The second-order valence-electron chi connectivity index (χ2n) is 4.92. The van der Waals surface area contributed by atoms with Crippen LogP contribution in [0.1, 0.15) is 13.3 Å². The molecule has 3 unspecified atom stereocenters. The molecule has 0 fully saturated rings. The summed E-state index contributed by atoms with van der Waals surface area (Å²) < 4.78 is 20.2. The number of carbonyl (C=O) groups is 4. The molecule has 150 valence electrons. The van der Waals surface area contributed by atoms with Crippen molar-refractivity contribution in [2.45, 2.75) is 31.7 Å². The molecule has 3 atom stereocenters. The minimum absolute atomic E-state index is 0.176. The maximum atomic E-state index is 11.6. The molecular formula is C14H26N4O8. The van der Waals surface area contributed by atoms with Gasteiger partial charge in [-0.3, -0.25) is 19.2 Å². The molecule has 0 aromatic heterocycles. The standard InChI is InChI=1S/C14H26N4O8/c1-2-8(24-11(20)4-16)14(26-13(22)6-18)9(25-12(21)5-17)7-23-10(19)3-15/h8-9,14H,2-7,15-18H2,1H3. The van der Waals surface area contributed by atoms with Crippen molar-refractivity contribution >= 4 is 23.9 Å². The Labute approximate surface area is 150 Å². The molecule has 26 heavy (non-hydrogen) atoms. The predicted molar refractivity (Wildman–Crippen MR) is 87.1 cm³/mol. The van der Waals surface area contributed by atoms with E-state index in [1.807, 2.05) is 0 Å². The van der Waals surface area contributed by atoms with Crippen molar-refractivity contribution in [2.75, 3.05) is 32.8 Å². The number of esters is 4. The normalized spacial score (nSPS) is 13.9. The molecule has 0 aromatic rings. The first-order chi connectivity index (χ1) is 12.3. The molecular weight excluding hydrogens is 352 g/mol. The molecule has 0 aliphatic heterocycles. The topological polar surface area (TPSA) is 209 Å². The van der Waals surface area contributed by atoms with E-state index in [0.717, 1.165) is 0 Å². The maximum Gasteiger partial charge on any atom is 0.320 e. The van der Waals surface area contributed by atoms with Crippen LogP contribution >= 0.6 is 0 Å². The van der Waals surface area contributed by atoms with Crippen molar-refractivity contribution in [3.8, 4) is 0 Å². The molecule has 0 saturated heterocycles. The fourth-order valence-electron chi connectivity index (χ4n) is 1.84. The van der Waals surface area contributed by atoms with E-state index in [4.69, 9.17) is 41.9 Å². The van der Waals surface area contributed by atoms with Gasteiger partial charge in [-0.25, -0.2) is 0 Å². The van der Waals surface area contributed by atoms with Crippen molar-refractivity contribution in [3.63, 3.8) is 0 Å². The second kappa shape index (κ2) is 13.0. The Morgan fingerprint density at radius 1 is 0.692 bits per heavy atom. The van der Waals surface area contributed by atoms with E-state index < -0.39 is 75.0 Å². The van der Waals surface area contributed by atoms with Gasteiger partial charge in [-0.2, -0.15) is 0 Å². The lowest BCUT2D eigenvalue weighted by molar-refractivity contribution is -0.190. The third-order valence-corrected chi connectivity index (χ3v) is 3.04. The zero-order chi connectivity index (χ0) is 20.1. The summed E-state index contributed by atoms with van der Waals surface area (Å²) in [7, 11) is 0. The Morgan fingerprint density at radius 2 is 1.12 bits per heavy atom. The van der Waals surface area contributed by atoms with Crippen LogP contribution in [0.25, 0.3) is 0 Å². The third kappa shape index (κ3) is 8.71. The van der Waals surface area contributed by atoms with Gasteiger partial charge in [-0.1, -0.05) is 6.92 Å². The molecule has 12 heteroatoms. The molecule has 0 amide bonds. The average Bonchev–Trinajstić information content (AvgIpc) is 2.66. The van der Waals surface area contributed by atoms with E-state index in [2.05, 4.69) is 0 Å². The molecule has 0 aliphatic rings.